The Labute approximate surface area is 256 Å². The topological polar surface area (TPSA) is 128 Å². The molecule has 2 aromatic heterocycles. The number of carbonyl (C=O) groups is 1. The molecule has 10 nitrogen and oxygen atoms in total. The predicted octanol–water partition coefficient (Wildman–Crippen LogP) is 4.46. The molecule has 0 bridgehead atoms. The van der Waals surface area contributed by atoms with Crippen molar-refractivity contribution in [2.24, 2.45) is 7.05 Å². The molecule has 0 aliphatic carbocycles. The monoisotopic (exact) mass is 627 g/mol. The number of amides is 1. The lowest BCUT2D eigenvalue weighted by molar-refractivity contribution is -0.0281. The zero-order chi connectivity index (χ0) is 30.7. The van der Waals surface area contributed by atoms with Gasteiger partial charge in [-0.3, -0.25) is 9.59 Å². The lowest BCUT2D eigenvalue weighted by Crippen LogP contribution is -2.46. The number of rotatable bonds is 8. The molecule has 1 fully saturated rings. The number of pyridine rings is 1. The van der Waals surface area contributed by atoms with Gasteiger partial charge < -0.3 is 25.2 Å². The fourth-order valence-corrected chi connectivity index (χ4v) is 5.40. The lowest BCUT2D eigenvalue weighted by atomic mass is 10.00. The van der Waals surface area contributed by atoms with E-state index in [0.29, 0.717) is 42.3 Å². The van der Waals surface area contributed by atoms with E-state index in [1.165, 1.54) is 32.5 Å². The van der Waals surface area contributed by atoms with Crippen LogP contribution in [0.25, 0.3) is 22.4 Å². The number of ether oxygens (including phenoxy) is 2. The van der Waals surface area contributed by atoms with Crippen molar-refractivity contribution >= 4 is 34.8 Å². The molecule has 1 aliphatic rings. The zero-order valence-electron chi connectivity index (χ0n) is 23.2. The van der Waals surface area contributed by atoms with E-state index in [0.717, 1.165) is 16.3 Å². The number of hydrogen-bond acceptors (Lipinski definition) is 8. The van der Waals surface area contributed by atoms with Gasteiger partial charge in [0.1, 0.15) is 11.4 Å². The van der Waals surface area contributed by atoms with E-state index < -0.39 is 23.4 Å². The summed E-state index contributed by atoms with van der Waals surface area (Å²) in [5, 5.41) is 20.1. The van der Waals surface area contributed by atoms with E-state index in [2.05, 4.69) is 20.7 Å². The van der Waals surface area contributed by atoms with Gasteiger partial charge in [-0.1, -0.05) is 47.5 Å². The van der Waals surface area contributed by atoms with Crippen LogP contribution >= 0.6 is 23.2 Å². The maximum Gasteiger partial charge on any atom is 0.279 e. The first-order valence-electron chi connectivity index (χ1n) is 13.3. The molecule has 0 radical (unpaired) electrons. The Kier molecular flexibility index (Phi) is 9.38. The molecule has 2 atom stereocenters. The Morgan fingerprint density at radius 1 is 1.16 bits per heavy atom. The van der Waals surface area contributed by atoms with E-state index in [1.54, 1.807) is 24.3 Å². The van der Waals surface area contributed by atoms with Crippen LogP contribution in [0.3, 0.4) is 0 Å². The highest BCUT2D eigenvalue weighted by Crippen LogP contribution is 2.42. The highest BCUT2D eigenvalue weighted by atomic mass is 35.5. The van der Waals surface area contributed by atoms with Crippen molar-refractivity contribution in [3.05, 3.63) is 92.1 Å². The number of hydrogen-bond donors (Lipinski definition) is 3. The van der Waals surface area contributed by atoms with Gasteiger partial charge in [0.15, 0.2) is 0 Å². The largest absolute Gasteiger partial charge is 0.481 e. The number of aromatic nitrogens is 3. The first kappa shape index (κ1) is 30.6. The van der Waals surface area contributed by atoms with Gasteiger partial charge in [-0.2, -0.15) is 5.10 Å². The molecule has 0 saturated carbocycles. The van der Waals surface area contributed by atoms with Crippen molar-refractivity contribution in [2.75, 3.05) is 25.6 Å². The van der Waals surface area contributed by atoms with E-state index in [-0.39, 0.29) is 39.5 Å². The van der Waals surface area contributed by atoms with Crippen molar-refractivity contribution in [1.29, 1.82) is 0 Å². The summed E-state index contributed by atoms with van der Waals surface area (Å²) in [5.74, 6) is -1.06. The van der Waals surface area contributed by atoms with Gasteiger partial charge in [-0.25, -0.2) is 14.1 Å². The maximum atomic E-state index is 14.8. The van der Waals surface area contributed by atoms with E-state index in [1.807, 2.05) is 6.07 Å². The third-order valence-corrected chi connectivity index (χ3v) is 7.93. The number of aliphatic hydroxyl groups is 1. The normalized spacial score (nSPS) is 16.6. The van der Waals surface area contributed by atoms with Gasteiger partial charge in [-0.15, -0.1) is 0 Å². The van der Waals surface area contributed by atoms with E-state index in [4.69, 9.17) is 32.7 Å². The molecule has 2 aromatic carbocycles. The van der Waals surface area contributed by atoms with Gasteiger partial charge in [0.05, 0.1) is 41.2 Å². The molecule has 4 aromatic rings. The summed E-state index contributed by atoms with van der Waals surface area (Å²) in [6.07, 6.45) is 1.40. The molecule has 5 rings (SSSR count). The lowest BCUT2D eigenvalue weighted by Gasteiger charge is -2.28. The first-order valence-corrected chi connectivity index (χ1v) is 14.1. The van der Waals surface area contributed by atoms with Crippen molar-refractivity contribution in [2.45, 2.75) is 25.1 Å². The van der Waals surface area contributed by atoms with Crippen LogP contribution in [-0.4, -0.2) is 58.2 Å². The average molecular weight is 628 g/mol. The second kappa shape index (κ2) is 13.2. The number of nitrogens with zero attached hydrogens (tertiary/aromatic N) is 3. The van der Waals surface area contributed by atoms with Crippen LogP contribution in [0, 0.1) is 5.82 Å². The van der Waals surface area contributed by atoms with Gasteiger partial charge in [0.25, 0.3) is 11.5 Å². The molecule has 1 amide bonds. The fourth-order valence-electron chi connectivity index (χ4n) is 4.82. The summed E-state index contributed by atoms with van der Waals surface area (Å²) < 4.78 is 26.7. The summed E-state index contributed by atoms with van der Waals surface area (Å²) >= 11 is 13.5. The third kappa shape index (κ3) is 6.56. The van der Waals surface area contributed by atoms with Crippen LogP contribution in [0.15, 0.2) is 59.5 Å². The molecule has 3 N–H and O–H groups in total. The Hall–Kier alpha value is -3.87. The van der Waals surface area contributed by atoms with Crippen molar-refractivity contribution < 1.29 is 23.8 Å². The number of nitrogens with one attached hydrogen (secondary N) is 2. The van der Waals surface area contributed by atoms with Gasteiger partial charge in [0.2, 0.25) is 5.88 Å². The number of aliphatic hydroxyl groups excluding tert-OH is 1. The highest BCUT2D eigenvalue weighted by Gasteiger charge is 2.24. The van der Waals surface area contributed by atoms with Crippen LogP contribution in [0.1, 0.15) is 22.3 Å². The summed E-state index contributed by atoms with van der Waals surface area (Å²) in [6, 6.07) is 12.2. The number of anilines is 1. The molecular formula is C30H28Cl2FN5O5. The molecule has 2 unspecified atom stereocenters. The second-order valence-electron chi connectivity index (χ2n) is 9.89. The minimum Gasteiger partial charge on any atom is -0.481 e. The molecular weight excluding hydrogens is 600 g/mol. The highest BCUT2D eigenvalue weighted by molar-refractivity contribution is 6.39. The number of aryl methyl sites for hydroxylation is 1. The Bertz CT molecular complexity index is 1730. The molecule has 3 heterocycles. The summed E-state index contributed by atoms with van der Waals surface area (Å²) in [7, 11) is 2.93. The van der Waals surface area contributed by atoms with E-state index in [9.17, 15) is 19.1 Å². The zero-order valence-corrected chi connectivity index (χ0v) is 24.7. The Balaban J connectivity index is 1.44. The smallest absolute Gasteiger partial charge is 0.279 e. The van der Waals surface area contributed by atoms with Gasteiger partial charge in [0, 0.05) is 54.7 Å². The molecule has 43 heavy (non-hydrogen) atoms. The number of methoxy groups -OCH3 is 1. The van der Waals surface area contributed by atoms with Crippen LogP contribution < -0.4 is 20.9 Å². The third-order valence-electron chi connectivity index (χ3n) is 7.11. The number of carbonyl (C=O) groups excluding carboxylic acids is 1. The number of halogens is 3. The minimum absolute atomic E-state index is 0.0296. The first-order chi connectivity index (χ1) is 20.7. The fraction of sp³-hybridized carbons (Fsp3) is 0.267. The maximum absolute atomic E-state index is 14.8. The molecule has 1 saturated heterocycles. The van der Waals surface area contributed by atoms with Crippen LogP contribution in [0.2, 0.25) is 10.0 Å². The number of benzene rings is 2. The van der Waals surface area contributed by atoms with Crippen molar-refractivity contribution in [3.8, 4) is 28.3 Å². The quantitative estimate of drug-likeness (QED) is 0.261. The van der Waals surface area contributed by atoms with Gasteiger partial charge >= 0.3 is 0 Å². The standard InChI is InChI=1S/C30H28Cl2FN5O5/c1-38-30(41)20(8-10-35-38)28(40)36-24-13-17(33)12-21(27(24)32)18-4-3-5-19(26(18)31)22-7-6-16(29(37-22)42-2)14-34-23-9-11-43-15-25(23)39/h3-8,10,12-13,23,25,34,39H,9,11,14-15H2,1-2H3,(H,36,40). The van der Waals surface area contributed by atoms with Crippen molar-refractivity contribution in [1.82, 2.24) is 20.1 Å². The van der Waals surface area contributed by atoms with Crippen molar-refractivity contribution in [3.63, 3.8) is 0 Å². The predicted molar refractivity (Wildman–Crippen MR) is 161 cm³/mol. The van der Waals surface area contributed by atoms with Crippen LogP contribution in [0.4, 0.5) is 10.1 Å². The molecule has 1 aliphatic heterocycles. The van der Waals surface area contributed by atoms with Crippen LogP contribution in [-0.2, 0) is 18.3 Å². The molecule has 13 heteroatoms. The average Bonchev–Trinajstić information content (AvgIpc) is 3.00. The summed E-state index contributed by atoms with van der Waals surface area (Å²) in [5.41, 5.74) is 1.64. The Morgan fingerprint density at radius 2 is 1.95 bits per heavy atom. The SMILES string of the molecule is COc1nc(-c2cccc(-c3cc(F)cc(NC(=O)c4ccnn(C)c4=O)c3Cl)c2Cl)ccc1CNC1CCOCC1O. The van der Waals surface area contributed by atoms with Gasteiger partial charge in [-0.05, 0) is 30.7 Å². The van der Waals surface area contributed by atoms with Crippen LogP contribution in [0.5, 0.6) is 5.88 Å². The van der Waals surface area contributed by atoms with E-state index >= 15 is 0 Å². The summed E-state index contributed by atoms with van der Waals surface area (Å²) in [6.45, 7) is 1.28. The Morgan fingerprint density at radius 3 is 2.72 bits per heavy atom. The summed E-state index contributed by atoms with van der Waals surface area (Å²) in [4.78, 5) is 29.8. The molecule has 0 spiro atoms. The molecule has 224 valence electrons. The second-order valence-corrected chi connectivity index (χ2v) is 10.6. The minimum atomic E-state index is -0.765.